The van der Waals surface area contributed by atoms with Gasteiger partial charge in [-0.2, -0.15) is 0 Å². The maximum Gasteiger partial charge on any atom is 0.231 e. The zero-order chi connectivity index (χ0) is 18.2. The van der Waals surface area contributed by atoms with Gasteiger partial charge in [-0.25, -0.2) is 4.98 Å². The Bertz CT molecular complexity index is 1120. The Morgan fingerprint density at radius 1 is 1.00 bits per heavy atom. The van der Waals surface area contributed by atoms with Crippen LogP contribution in [0.4, 0.5) is 11.5 Å². The molecule has 27 heavy (non-hydrogen) atoms. The van der Waals surface area contributed by atoms with E-state index in [-0.39, 0.29) is 6.79 Å². The largest absolute Gasteiger partial charge is 0.454 e. The van der Waals surface area contributed by atoms with Gasteiger partial charge in [0.2, 0.25) is 6.79 Å². The number of pyridine rings is 1. The van der Waals surface area contributed by atoms with Crippen molar-refractivity contribution >= 4 is 28.9 Å². The second-order valence-corrected chi connectivity index (χ2v) is 7.04. The Hall–Kier alpha value is -3.12. The molecule has 0 bridgehead atoms. The fourth-order valence-corrected chi connectivity index (χ4v) is 3.58. The topological polar surface area (TPSA) is 47.8 Å². The molecule has 0 spiro atoms. The van der Waals surface area contributed by atoms with E-state index in [4.69, 9.17) is 14.5 Å². The zero-order valence-electron chi connectivity index (χ0n) is 14.7. The molecular formula is C21H17N3O2S. The van der Waals surface area contributed by atoms with Gasteiger partial charge in [-0.05, 0) is 42.7 Å². The number of hydrogen-bond acceptors (Lipinski definition) is 5. The van der Waals surface area contributed by atoms with Crippen LogP contribution >= 0.6 is 11.8 Å². The number of rotatable bonds is 4. The van der Waals surface area contributed by atoms with Gasteiger partial charge in [-0.15, -0.1) is 11.8 Å². The van der Waals surface area contributed by atoms with E-state index < -0.39 is 0 Å². The van der Waals surface area contributed by atoms with Crippen molar-refractivity contribution in [3.63, 3.8) is 0 Å². The molecule has 0 atom stereocenters. The SMILES string of the molecule is CSc1ccc(-c2nc3ccccn3c2Nc2ccc3c(c2)OCO3)cc1. The van der Waals surface area contributed by atoms with Crippen LogP contribution in [0.5, 0.6) is 11.5 Å². The molecule has 0 unspecified atom stereocenters. The molecule has 5 rings (SSSR count). The number of benzene rings is 2. The van der Waals surface area contributed by atoms with Crippen molar-refractivity contribution in [2.45, 2.75) is 4.90 Å². The Balaban J connectivity index is 1.61. The van der Waals surface area contributed by atoms with E-state index in [9.17, 15) is 0 Å². The molecule has 6 heteroatoms. The molecule has 3 heterocycles. The number of thioether (sulfide) groups is 1. The van der Waals surface area contributed by atoms with E-state index in [0.29, 0.717) is 0 Å². The van der Waals surface area contributed by atoms with Crippen LogP contribution in [0.3, 0.4) is 0 Å². The number of hydrogen-bond donors (Lipinski definition) is 1. The Kier molecular flexibility index (Phi) is 3.90. The third-order valence-electron chi connectivity index (χ3n) is 4.53. The smallest absolute Gasteiger partial charge is 0.231 e. The molecule has 0 saturated carbocycles. The molecule has 2 aromatic carbocycles. The fourth-order valence-electron chi connectivity index (χ4n) is 3.18. The van der Waals surface area contributed by atoms with Gasteiger partial charge in [-0.1, -0.05) is 18.2 Å². The van der Waals surface area contributed by atoms with Crippen LogP contribution in [-0.4, -0.2) is 22.4 Å². The van der Waals surface area contributed by atoms with Crippen LogP contribution in [0.1, 0.15) is 0 Å². The summed E-state index contributed by atoms with van der Waals surface area (Å²) >= 11 is 1.73. The molecule has 0 aliphatic carbocycles. The van der Waals surface area contributed by atoms with E-state index in [1.807, 2.05) is 42.6 Å². The second-order valence-electron chi connectivity index (χ2n) is 6.16. The number of nitrogens with one attached hydrogen (secondary N) is 1. The van der Waals surface area contributed by atoms with Crippen LogP contribution in [0.15, 0.2) is 71.8 Å². The normalized spacial score (nSPS) is 12.5. The molecule has 4 aromatic rings. The highest BCUT2D eigenvalue weighted by Gasteiger charge is 2.17. The molecule has 1 N–H and O–H groups in total. The van der Waals surface area contributed by atoms with Crippen molar-refractivity contribution in [3.8, 4) is 22.8 Å². The van der Waals surface area contributed by atoms with Crippen molar-refractivity contribution < 1.29 is 9.47 Å². The summed E-state index contributed by atoms with van der Waals surface area (Å²) in [4.78, 5) is 6.07. The van der Waals surface area contributed by atoms with Gasteiger partial charge in [0.05, 0.1) is 0 Å². The van der Waals surface area contributed by atoms with Crippen LogP contribution in [0.2, 0.25) is 0 Å². The van der Waals surface area contributed by atoms with Crippen molar-refractivity contribution in [2.24, 2.45) is 0 Å². The Morgan fingerprint density at radius 3 is 2.70 bits per heavy atom. The maximum absolute atomic E-state index is 5.50. The van der Waals surface area contributed by atoms with Crippen molar-refractivity contribution in [1.29, 1.82) is 0 Å². The van der Waals surface area contributed by atoms with Gasteiger partial charge >= 0.3 is 0 Å². The first-order valence-corrected chi connectivity index (χ1v) is 9.82. The summed E-state index contributed by atoms with van der Waals surface area (Å²) in [6, 6.07) is 20.3. The molecule has 0 saturated heterocycles. The second kappa shape index (κ2) is 6.55. The predicted molar refractivity (Wildman–Crippen MR) is 108 cm³/mol. The quantitative estimate of drug-likeness (QED) is 0.497. The Labute approximate surface area is 161 Å². The number of anilines is 2. The molecule has 1 aliphatic heterocycles. The van der Waals surface area contributed by atoms with Crippen molar-refractivity contribution in [3.05, 3.63) is 66.9 Å². The summed E-state index contributed by atoms with van der Waals surface area (Å²) in [6.45, 7) is 0.265. The average molecular weight is 375 g/mol. The lowest BCUT2D eigenvalue weighted by atomic mass is 10.1. The maximum atomic E-state index is 5.50. The van der Waals surface area contributed by atoms with E-state index in [1.54, 1.807) is 11.8 Å². The molecule has 0 amide bonds. The van der Waals surface area contributed by atoms with Gasteiger partial charge in [0.15, 0.2) is 11.5 Å². The third-order valence-corrected chi connectivity index (χ3v) is 5.27. The van der Waals surface area contributed by atoms with Gasteiger partial charge in [0, 0.05) is 28.4 Å². The number of nitrogens with zero attached hydrogens (tertiary/aromatic N) is 2. The Morgan fingerprint density at radius 2 is 1.85 bits per heavy atom. The molecular weight excluding hydrogens is 358 g/mol. The highest BCUT2D eigenvalue weighted by molar-refractivity contribution is 7.98. The van der Waals surface area contributed by atoms with Gasteiger partial charge in [-0.3, -0.25) is 4.40 Å². The summed E-state index contributed by atoms with van der Waals surface area (Å²) in [5, 5.41) is 3.51. The fraction of sp³-hybridized carbons (Fsp3) is 0.0952. The van der Waals surface area contributed by atoms with Crippen LogP contribution in [-0.2, 0) is 0 Å². The summed E-state index contributed by atoms with van der Waals surface area (Å²) in [5.74, 6) is 2.44. The molecule has 2 aromatic heterocycles. The lowest BCUT2D eigenvalue weighted by Crippen LogP contribution is -1.97. The van der Waals surface area contributed by atoms with Gasteiger partial charge in [0.1, 0.15) is 17.2 Å². The van der Waals surface area contributed by atoms with E-state index >= 15 is 0 Å². The molecule has 1 aliphatic rings. The van der Waals surface area contributed by atoms with Gasteiger partial charge in [0.25, 0.3) is 0 Å². The third kappa shape index (κ3) is 2.88. The lowest BCUT2D eigenvalue weighted by Gasteiger charge is -2.10. The van der Waals surface area contributed by atoms with Gasteiger partial charge < -0.3 is 14.8 Å². The molecule has 134 valence electrons. The number of ether oxygens (including phenoxy) is 2. The van der Waals surface area contributed by atoms with E-state index in [0.717, 1.165) is 39.9 Å². The predicted octanol–water partition coefficient (Wildman–Crippen LogP) is 5.20. The monoisotopic (exact) mass is 375 g/mol. The zero-order valence-corrected chi connectivity index (χ0v) is 15.5. The summed E-state index contributed by atoms with van der Waals surface area (Å²) in [5.41, 5.74) is 3.79. The average Bonchev–Trinajstić information content (AvgIpc) is 3.33. The lowest BCUT2D eigenvalue weighted by molar-refractivity contribution is 0.174. The van der Waals surface area contributed by atoms with Crippen LogP contribution in [0.25, 0.3) is 16.9 Å². The summed E-state index contributed by atoms with van der Waals surface area (Å²) < 4.78 is 13.0. The first kappa shape index (κ1) is 16.1. The van der Waals surface area contributed by atoms with E-state index in [2.05, 4.69) is 40.2 Å². The highest BCUT2D eigenvalue weighted by Crippen LogP contribution is 2.37. The highest BCUT2D eigenvalue weighted by atomic mass is 32.2. The van der Waals surface area contributed by atoms with Crippen molar-refractivity contribution in [1.82, 2.24) is 9.38 Å². The molecule has 0 fully saturated rings. The minimum absolute atomic E-state index is 0.265. The van der Waals surface area contributed by atoms with E-state index in [1.165, 1.54) is 4.90 Å². The van der Waals surface area contributed by atoms with Crippen LogP contribution in [0, 0.1) is 0 Å². The minimum Gasteiger partial charge on any atom is -0.454 e. The van der Waals surface area contributed by atoms with Crippen molar-refractivity contribution in [2.75, 3.05) is 18.4 Å². The summed E-state index contributed by atoms with van der Waals surface area (Å²) in [6.07, 6.45) is 4.09. The number of imidazole rings is 1. The molecule has 0 radical (unpaired) electrons. The minimum atomic E-state index is 0.265. The number of fused-ring (bicyclic) bond motifs is 2. The first-order valence-electron chi connectivity index (χ1n) is 8.60. The standard InChI is InChI=1S/C21H17N3O2S/c1-27-16-8-5-14(6-9-16)20-21(24-11-3-2-4-19(24)23-20)22-15-7-10-17-18(12-15)26-13-25-17/h2-12,22H,13H2,1H3. The number of aromatic nitrogens is 2. The van der Waals surface area contributed by atoms with Crippen LogP contribution < -0.4 is 14.8 Å². The molecule has 5 nitrogen and oxygen atoms in total. The first-order chi connectivity index (χ1) is 13.3. The summed E-state index contributed by atoms with van der Waals surface area (Å²) in [7, 11) is 0.